The molecular weight excluding hydrogens is 258 g/mol. The number of anilines is 1. The van der Waals surface area contributed by atoms with E-state index < -0.39 is 0 Å². The van der Waals surface area contributed by atoms with Crippen LogP contribution in [0.25, 0.3) is 0 Å². The van der Waals surface area contributed by atoms with E-state index in [0.717, 1.165) is 12.2 Å². The molecule has 1 aliphatic rings. The summed E-state index contributed by atoms with van der Waals surface area (Å²) in [6, 6.07) is 3.36. The van der Waals surface area contributed by atoms with Gasteiger partial charge in [-0.15, -0.1) is 0 Å². The van der Waals surface area contributed by atoms with Crippen LogP contribution in [0.1, 0.15) is 62.8 Å². The quantitative estimate of drug-likeness (QED) is 0.889. The Morgan fingerprint density at radius 3 is 2.52 bits per heavy atom. The average Bonchev–Trinajstić information content (AvgIpc) is 2.45. The highest BCUT2D eigenvalue weighted by molar-refractivity contribution is 5.52. The summed E-state index contributed by atoms with van der Waals surface area (Å²) in [5.74, 6) is 1.19. The van der Waals surface area contributed by atoms with Crippen LogP contribution in [-0.2, 0) is 6.54 Å². The Bertz CT molecular complexity index is 462. The van der Waals surface area contributed by atoms with E-state index in [1.165, 1.54) is 49.0 Å². The van der Waals surface area contributed by atoms with Crippen molar-refractivity contribution >= 4 is 5.82 Å². The van der Waals surface area contributed by atoms with Crippen molar-refractivity contribution in [3.63, 3.8) is 0 Å². The van der Waals surface area contributed by atoms with E-state index in [1.807, 2.05) is 0 Å². The van der Waals surface area contributed by atoms with Crippen molar-refractivity contribution in [1.82, 2.24) is 10.3 Å². The number of aryl methyl sites for hydroxylation is 2. The average molecular weight is 289 g/mol. The molecule has 1 saturated carbocycles. The van der Waals surface area contributed by atoms with Crippen LogP contribution in [0.4, 0.5) is 5.82 Å². The monoisotopic (exact) mass is 289 g/mol. The molecule has 0 aromatic carbocycles. The maximum atomic E-state index is 4.87. The van der Waals surface area contributed by atoms with Gasteiger partial charge in [0, 0.05) is 36.9 Å². The number of hydrogen-bond donors (Lipinski definition) is 1. The summed E-state index contributed by atoms with van der Waals surface area (Å²) in [6.07, 6.45) is 6.73. The van der Waals surface area contributed by atoms with Crippen molar-refractivity contribution in [2.75, 3.05) is 11.9 Å². The second-order valence-electron chi connectivity index (χ2n) is 6.82. The number of hydrogen-bond acceptors (Lipinski definition) is 3. The van der Waals surface area contributed by atoms with E-state index >= 15 is 0 Å². The lowest BCUT2D eigenvalue weighted by Gasteiger charge is -2.34. The lowest BCUT2D eigenvalue weighted by atomic mass is 9.94. The predicted molar refractivity (Wildman–Crippen MR) is 91.0 cm³/mol. The third-order valence-corrected chi connectivity index (χ3v) is 4.60. The number of aromatic nitrogens is 1. The zero-order chi connectivity index (χ0) is 15.4. The van der Waals surface area contributed by atoms with Crippen LogP contribution in [0, 0.1) is 13.8 Å². The van der Waals surface area contributed by atoms with Crippen LogP contribution >= 0.6 is 0 Å². The Kier molecular flexibility index (Phi) is 5.63. The van der Waals surface area contributed by atoms with Gasteiger partial charge in [-0.3, -0.25) is 0 Å². The van der Waals surface area contributed by atoms with Crippen LogP contribution in [-0.4, -0.2) is 24.1 Å². The number of nitrogens with one attached hydrogen (secondary N) is 1. The van der Waals surface area contributed by atoms with E-state index in [-0.39, 0.29) is 0 Å². The molecule has 2 rings (SSSR count). The maximum absolute atomic E-state index is 4.87. The third-order valence-electron chi connectivity index (χ3n) is 4.60. The first-order chi connectivity index (χ1) is 9.99. The maximum Gasteiger partial charge on any atom is 0.133 e. The van der Waals surface area contributed by atoms with Crippen LogP contribution < -0.4 is 10.2 Å². The minimum atomic E-state index is 0.499. The molecule has 1 aromatic heterocycles. The van der Waals surface area contributed by atoms with Gasteiger partial charge in [0.1, 0.15) is 5.82 Å². The Morgan fingerprint density at radius 2 is 1.90 bits per heavy atom. The normalized spacial score (nSPS) is 16.5. The van der Waals surface area contributed by atoms with E-state index in [1.54, 1.807) is 0 Å². The molecule has 1 heterocycles. The molecule has 0 aliphatic heterocycles. The lowest BCUT2D eigenvalue weighted by Crippen LogP contribution is -2.35. The Morgan fingerprint density at radius 1 is 1.24 bits per heavy atom. The Labute approximate surface area is 130 Å². The fraction of sp³-hybridized carbons (Fsp3) is 0.722. The summed E-state index contributed by atoms with van der Waals surface area (Å²) in [5, 5.41) is 3.55. The molecule has 1 aliphatic carbocycles. The van der Waals surface area contributed by atoms with Crippen molar-refractivity contribution in [3.05, 3.63) is 22.9 Å². The van der Waals surface area contributed by atoms with Crippen LogP contribution in [0.2, 0.25) is 0 Å². The summed E-state index contributed by atoms with van der Waals surface area (Å²) < 4.78 is 0. The Hall–Kier alpha value is -1.09. The van der Waals surface area contributed by atoms with Crippen LogP contribution in [0.5, 0.6) is 0 Å². The summed E-state index contributed by atoms with van der Waals surface area (Å²) >= 11 is 0. The van der Waals surface area contributed by atoms with Gasteiger partial charge >= 0.3 is 0 Å². The highest BCUT2D eigenvalue weighted by Crippen LogP contribution is 2.29. The molecule has 0 saturated heterocycles. The molecule has 3 heteroatoms. The molecule has 118 valence electrons. The van der Waals surface area contributed by atoms with Crippen LogP contribution in [0.3, 0.4) is 0 Å². The van der Waals surface area contributed by atoms with Gasteiger partial charge in [-0.2, -0.15) is 0 Å². The topological polar surface area (TPSA) is 28.2 Å². The van der Waals surface area contributed by atoms with E-state index in [2.05, 4.69) is 51.0 Å². The van der Waals surface area contributed by atoms with Gasteiger partial charge in [-0.05, 0) is 38.3 Å². The molecule has 21 heavy (non-hydrogen) atoms. The fourth-order valence-electron chi connectivity index (χ4n) is 3.30. The van der Waals surface area contributed by atoms with Gasteiger partial charge in [0.2, 0.25) is 0 Å². The van der Waals surface area contributed by atoms with E-state index in [9.17, 15) is 0 Å². The number of nitrogens with zero attached hydrogens (tertiary/aromatic N) is 2. The van der Waals surface area contributed by atoms with E-state index in [4.69, 9.17) is 4.98 Å². The first-order valence-corrected chi connectivity index (χ1v) is 8.42. The molecule has 0 spiro atoms. The van der Waals surface area contributed by atoms with Crippen molar-refractivity contribution in [3.8, 4) is 0 Å². The highest BCUT2D eigenvalue weighted by Gasteiger charge is 2.22. The lowest BCUT2D eigenvalue weighted by molar-refractivity contribution is 0.425. The largest absolute Gasteiger partial charge is 0.356 e. The zero-order valence-electron chi connectivity index (χ0n) is 14.4. The summed E-state index contributed by atoms with van der Waals surface area (Å²) in [6.45, 7) is 9.61. The molecule has 0 amide bonds. The molecule has 1 N–H and O–H groups in total. The van der Waals surface area contributed by atoms with Gasteiger partial charge in [0.05, 0.1) is 0 Å². The molecule has 1 fully saturated rings. The SMILES string of the molecule is Cc1cc(C)c(CNC(C)C)c(N(C)C2CCCCC2)n1. The Balaban J connectivity index is 2.26. The molecular formula is C18H31N3. The van der Waals surface area contributed by atoms with Crippen molar-refractivity contribution < 1.29 is 0 Å². The van der Waals surface area contributed by atoms with Crippen LogP contribution in [0.15, 0.2) is 6.07 Å². The number of rotatable bonds is 5. The minimum absolute atomic E-state index is 0.499. The molecule has 0 bridgehead atoms. The zero-order valence-corrected chi connectivity index (χ0v) is 14.4. The van der Waals surface area contributed by atoms with Gasteiger partial charge in [-0.1, -0.05) is 33.1 Å². The first kappa shape index (κ1) is 16.3. The van der Waals surface area contributed by atoms with Gasteiger partial charge in [0.25, 0.3) is 0 Å². The fourth-order valence-corrected chi connectivity index (χ4v) is 3.30. The van der Waals surface area contributed by atoms with Crippen molar-refractivity contribution in [1.29, 1.82) is 0 Å². The van der Waals surface area contributed by atoms with Gasteiger partial charge in [-0.25, -0.2) is 4.98 Å². The molecule has 0 unspecified atom stereocenters. The standard InChI is InChI=1S/C18H31N3/c1-13(2)19-12-17-14(3)11-15(4)20-18(17)21(5)16-9-7-6-8-10-16/h11,13,16,19H,6-10,12H2,1-5H3. The van der Waals surface area contributed by atoms with Gasteiger partial charge in [0.15, 0.2) is 0 Å². The van der Waals surface area contributed by atoms with E-state index in [0.29, 0.717) is 12.1 Å². The third kappa shape index (κ3) is 4.19. The molecule has 1 aromatic rings. The minimum Gasteiger partial charge on any atom is -0.356 e. The van der Waals surface area contributed by atoms with Gasteiger partial charge < -0.3 is 10.2 Å². The summed E-state index contributed by atoms with van der Waals surface area (Å²) in [4.78, 5) is 7.31. The van der Waals surface area contributed by atoms with Crippen molar-refractivity contribution in [2.45, 2.75) is 78.4 Å². The molecule has 0 radical (unpaired) electrons. The first-order valence-electron chi connectivity index (χ1n) is 8.42. The summed E-state index contributed by atoms with van der Waals surface area (Å²) in [5.41, 5.74) is 3.84. The number of pyridine rings is 1. The molecule has 3 nitrogen and oxygen atoms in total. The summed E-state index contributed by atoms with van der Waals surface area (Å²) in [7, 11) is 2.23. The predicted octanol–water partition coefficient (Wildman–Crippen LogP) is 3.97. The smallest absolute Gasteiger partial charge is 0.133 e. The second-order valence-corrected chi connectivity index (χ2v) is 6.82. The van der Waals surface area contributed by atoms with Crippen molar-refractivity contribution in [2.24, 2.45) is 0 Å². The second kappa shape index (κ2) is 7.26. The highest BCUT2D eigenvalue weighted by atomic mass is 15.2. The molecule has 0 atom stereocenters.